The number of halogens is 4. The summed E-state index contributed by atoms with van der Waals surface area (Å²) in [5.41, 5.74) is 2.41. The summed E-state index contributed by atoms with van der Waals surface area (Å²) in [4.78, 5) is 11.9. The van der Waals surface area contributed by atoms with Gasteiger partial charge in [-0.15, -0.1) is 0 Å². The van der Waals surface area contributed by atoms with Crippen LogP contribution in [0.5, 0.6) is 0 Å². The number of hydrogen-bond donors (Lipinski definition) is 0. The second kappa shape index (κ2) is 5.71. The molecule has 0 unspecified atom stereocenters. The predicted molar refractivity (Wildman–Crippen MR) is 81.9 cm³/mol. The van der Waals surface area contributed by atoms with E-state index in [1.807, 2.05) is 32.0 Å². The molecule has 0 aromatic heterocycles. The van der Waals surface area contributed by atoms with E-state index in [-0.39, 0.29) is 3.79 Å². The quantitative estimate of drug-likeness (QED) is 0.398. The van der Waals surface area contributed by atoms with Crippen molar-refractivity contribution in [2.75, 3.05) is 0 Å². The first-order valence-electron chi connectivity index (χ1n) is 5.99. The summed E-state index contributed by atoms with van der Waals surface area (Å²) in [7, 11) is 0. The fraction of sp³-hybridized carbons (Fsp3) is 0.267. The molecule has 5 heteroatoms. The number of alkyl halides is 4. The van der Waals surface area contributed by atoms with Gasteiger partial charge >= 0.3 is 123 Å². The van der Waals surface area contributed by atoms with Gasteiger partial charge in [-0.05, 0) is 0 Å². The van der Waals surface area contributed by atoms with Crippen LogP contribution in [-0.4, -0.2) is 9.97 Å². The monoisotopic (exact) mass is 394 g/mol. The fourth-order valence-electron chi connectivity index (χ4n) is 1.93. The second-order valence-corrected chi connectivity index (χ2v) is 9.32. The van der Waals surface area contributed by atoms with E-state index in [1.165, 1.54) is 4.08 Å². The van der Waals surface area contributed by atoms with Crippen molar-refractivity contribution in [2.24, 2.45) is 0 Å². The SMILES string of the molecule is Cc1cccc(C)c1CI1C=C(C(F)(F)F)C=CC1=O. The molecule has 1 aromatic rings. The third-order valence-electron chi connectivity index (χ3n) is 3.13. The van der Waals surface area contributed by atoms with Crippen molar-refractivity contribution >= 4 is 23.6 Å². The van der Waals surface area contributed by atoms with Gasteiger partial charge in [0, 0.05) is 0 Å². The summed E-state index contributed by atoms with van der Waals surface area (Å²) in [6.07, 6.45) is -2.38. The molecule has 0 amide bonds. The molecule has 1 nitrogen and oxygen atoms in total. The minimum atomic E-state index is -4.37. The Bertz CT molecular complexity index is 579. The zero-order chi connectivity index (χ0) is 14.9. The summed E-state index contributed by atoms with van der Waals surface area (Å²) in [6.45, 7) is 3.86. The van der Waals surface area contributed by atoms with Crippen LogP contribution in [0.3, 0.4) is 0 Å². The zero-order valence-corrected chi connectivity index (χ0v) is 13.2. The number of carbonyl (C=O) groups excluding carboxylic acids is 1. The topological polar surface area (TPSA) is 17.1 Å². The molecule has 0 spiro atoms. The summed E-state index contributed by atoms with van der Waals surface area (Å²) in [5, 5.41) is 0. The van der Waals surface area contributed by atoms with Gasteiger partial charge in [0.15, 0.2) is 0 Å². The van der Waals surface area contributed by atoms with Crippen LogP contribution in [0.1, 0.15) is 16.7 Å². The van der Waals surface area contributed by atoms with E-state index in [0.29, 0.717) is 4.43 Å². The van der Waals surface area contributed by atoms with Gasteiger partial charge in [0.25, 0.3) is 0 Å². The molecule has 108 valence electrons. The van der Waals surface area contributed by atoms with E-state index in [0.717, 1.165) is 28.8 Å². The number of benzene rings is 1. The minimum absolute atomic E-state index is 0.121. The Balaban J connectivity index is 2.31. The van der Waals surface area contributed by atoms with Crippen LogP contribution < -0.4 is 0 Å². The van der Waals surface area contributed by atoms with Gasteiger partial charge in [-0.25, -0.2) is 0 Å². The first kappa shape index (κ1) is 15.3. The predicted octanol–water partition coefficient (Wildman–Crippen LogP) is 4.85. The Morgan fingerprint density at radius 3 is 2.25 bits per heavy atom. The van der Waals surface area contributed by atoms with Crippen molar-refractivity contribution in [1.29, 1.82) is 0 Å². The van der Waals surface area contributed by atoms with Crippen molar-refractivity contribution in [3.05, 3.63) is 56.7 Å². The molecule has 2 rings (SSSR count). The molecule has 20 heavy (non-hydrogen) atoms. The van der Waals surface area contributed by atoms with Crippen LogP contribution in [0.15, 0.2) is 40.0 Å². The Morgan fingerprint density at radius 2 is 1.70 bits per heavy atom. The molecule has 1 aliphatic heterocycles. The van der Waals surface area contributed by atoms with E-state index in [1.54, 1.807) is 0 Å². The third kappa shape index (κ3) is 3.31. The summed E-state index contributed by atoms with van der Waals surface area (Å²) in [5.74, 6) is 0. The molecule has 0 atom stereocenters. The third-order valence-corrected chi connectivity index (χ3v) is 7.86. The summed E-state index contributed by atoms with van der Waals surface area (Å²) < 4.78 is 39.7. The van der Waals surface area contributed by atoms with Crippen molar-refractivity contribution in [3.8, 4) is 0 Å². The molecule has 1 heterocycles. The zero-order valence-electron chi connectivity index (χ0n) is 11.1. The maximum atomic E-state index is 12.7. The van der Waals surface area contributed by atoms with E-state index < -0.39 is 31.6 Å². The van der Waals surface area contributed by atoms with Crippen LogP contribution in [0.2, 0.25) is 0 Å². The Labute approximate surface area is 122 Å². The average Bonchev–Trinajstić information content (AvgIpc) is 2.34. The fourth-order valence-corrected chi connectivity index (χ4v) is 6.87. The standard InChI is InChI=1S/C15H14F3IO/c1-10-4-3-5-11(2)13(10)9-19-8-12(15(16,17)18)6-7-14(19)20/h3-8H,9H2,1-2H3. The summed E-state index contributed by atoms with van der Waals surface area (Å²) in [6, 6.07) is 5.77. The molecular formula is C15H14F3IO. The van der Waals surface area contributed by atoms with Gasteiger partial charge in [-0.1, -0.05) is 0 Å². The Morgan fingerprint density at radius 1 is 1.10 bits per heavy atom. The molecule has 0 saturated carbocycles. The molecule has 0 saturated heterocycles. The molecule has 0 aliphatic carbocycles. The number of aryl methyl sites for hydroxylation is 2. The first-order chi connectivity index (χ1) is 9.29. The van der Waals surface area contributed by atoms with Crippen molar-refractivity contribution < 1.29 is 18.0 Å². The Hall–Kier alpha value is -1.11. The van der Waals surface area contributed by atoms with Crippen LogP contribution in [0.25, 0.3) is 0 Å². The number of carbonyl (C=O) groups is 1. The molecule has 0 radical (unpaired) electrons. The van der Waals surface area contributed by atoms with Crippen molar-refractivity contribution in [2.45, 2.75) is 24.5 Å². The van der Waals surface area contributed by atoms with Crippen LogP contribution >= 0.6 is 19.8 Å². The molecule has 1 aromatic carbocycles. The van der Waals surface area contributed by atoms with Gasteiger partial charge in [-0.3, -0.25) is 0 Å². The van der Waals surface area contributed by atoms with E-state index in [2.05, 4.69) is 0 Å². The molecule has 0 fully saturated rings. The number of allylic oxidation sites excluding steroid dienone is 3. The van der Waals surface area contributed by atoms with E-state index in [9.17, 15) is 18.0 Å². The summed E-state index contributed by atoms with van der Waals surface area (Å²) >= 11 is -2.46. The normalized spacial score (nSPS) is 17.4. The molecule has 0 bridgehead atoms. The van der Waals surface area contributed by atoms with Gasteiger partial charge in [0.2, 0.25) is 0 Å². The van der Waals surface area contributed by atoms with Gasteiger partial charge in [0.05, 0.1) is 0 Å². The van der Waals surface area contributed by atoms with Gasteiger partial charge in [-0.2, -0.15) is 0 Å². The van der Waals surface area contributed by atoms with Crippen molar-refractivity contribution in [1.82, 2.24) is 0 Å². The van der Waals surface area contributed by atoms with Gasteiger partial charge in [0.1, 0.15) is 0 Å². The maximum absolute atomic E-state index is 12.7. The van der Waals surface area contributed by atoms with Crippen LogP contribution in [0, 0.1) is 13.8 Å². The van der Waals surface area contributed by atoms with Crippen molar-refractivity contribution in [3.63, 3.8) is 0 Å². The van der Waals surface area contributed by atoms with E-state index >= 15 is 0 Å². The Kier molecular flexibility index (Phi) is 4.36. The molecule has 0 N–H and O–H groups in total. The number of hydrogen-bond acceptors (Lipinski definition) is 1. The second-order valence-electron chi connectivity index (χ2n) is 4.60. The first-order valence-corrected chi connectivity index (χ1v) is 9.84. The number of rotatable bonds is 2. The van der Waals surface area contributed by atoms with Crippen LogP contribution in [0.4, 0.5) is 13.2 Å². The van der Waals surface area contributed by atoms with Crippen LogP contribution in [-0.2, 0) is 9.22 Å². The molecule has 1 aliphatic rings. The molecular weight excluding hydrogens is 380 g/mol. The van der Waals surface area contributed by atoms with Gasteiger partial charge < -0.3 is 0 Å². The average molecular weight is 394 g/mol. The van der Waals surface area contributed by atoms with E-state index in [4.69, 9.17) is 0 Å².